The minimum Gasteiger partial charge on any atom is -0.444 e. The Hall–Kier alpha value is -1.53. The molecule has 7 heteroatoms. The summed E-state index contributed by atoms with van der Waals surface area (Å²) in [4.78, 5) is 19.2. The van der Waals surface area contributed by atoms with Crippen LogP contribution in [0, 0.1) is 0 Å². The normalized spacial score (nSPS) is 11.4. The number of hydrogen-bond acceptors (Lipinski definition) is 3. The molecule has 0 aliphatic rings. The van der Waals surface area contributed by atoms with Crippen LogP contribution >= 0.6 is 27.5 Å². The number of aromatic nitrogens is 2. The van der Waals surface area contributed by atoms with E-state index in [4.69, 9.17) is 16.3 Å². The van der Waals surface area contributed by atoms with E-state index in [0.717, 1.165) is 40.8 Å². The van der Waals surface area contributed by atoms with Crippen molar-refractivity contribution in [2.24, 2.45) is 0 Å². The molecule has 1 heterocycles. The van der Waals surface area contributed by atoms with Gasteiger partial charge in [-0.3, -0.25) is 0 Å². The molecule has 0 aliphatic heterocycles. The molecule has 0 aliphatic carbocycles. The maximum absolute atomic E-state index is 11.5. The first-order valence-electron chi connectivity index (χ1n) is 8.22. The Balaban J connectivity index is 1.78. The standard InChI is InChI=1S/C18H23BrClN3O2/c1-18(2,3)25-17(24)21-11-5-4-6-14-22-15(16(20)23-14)12-7-9-13(19)10-8-12/h7-10H,4-6,11H2,1-3H3,(H,21,24)(H,22,23). The van der Waals surface area contributed by atoms with Crippen molar-refractivity contribution in [2.75, 3.05) is 6.54 Å². The van der Waals surface area contributed by atoms with Gasteiger partial charge in [0.15, 0.2) is 0 Å². The highest BCUT2D eigenvalue weighted by Crippen LogP contribution is 2.27. The van der Waals surface area contributed by atoms with Gasteiger partial charge in [-0.05, 0) is 45.7 Å². The summed E-state index contributed by atoms with van der Waals surface area (Å²) in [6, 6.07) is 7.87. The number of carbonyl (C=O) groups excluding carboxylic acids is 1. The number of nitrogens with one attached hydrogen (secondary N) is 2. The Morgan fingerprint density at radius 1 is 1.28 bits per heavy atom. The number of unbranched alkanes of at least 4 members (excludes halogenated alkanes) is 1. The summed E-state index contributed by atoms with van der Waals surface area (Å²) < 4.78 is 6.20. The third kappa shape index (κ3) is 6.71. The topological polar surface area (TPSA) is 67.0 Å². The quantitative estimate of drug-likeness (QED) is 0.610. The van der Waals surface area contributed by atoms with E-state index in [1.54, 1.807) is 0 Å². The van der Waals surface area contributed by atoms with E-state index in [2.05, 4.69) is 31.2 Å². The molecule has 0 radical (unpaired) electrons. The number of amides is 1. The van der Waals surface area contributed by atoms with E-state index in [-0.39, 0.29) is 6.09 Å². The number of H-pyrrole nitrogens is 1. The Labute approximate surface area is 161 Å². The van der Waals surface area contributed by atoms with Gasteiger partial charge in [-0.1, -0.05) is 39.7 Å². The fourth-order valence-corrected chi connectivity index (χ4v) is 2.76. The zero-order valence-corrected chi connectivity index (χ0v) is 17.0. The Bertz CT molecular complexity index is 708. The third-order valence-electron chi connectivity index (χ3n) is 3.33. The van der Waals surface area contributed by atoms with Crippen LogP contribution in [0.25, 0.3) is 11.3 Å². The second kappa shape index (κ2) is 8.72. The predicted octanol–water partition coefficient (Wildman–Crippen LogP) is 5.34. The van der Waals surface area contributed by atoms with Gasteiger partial charge in [0.2, 0.25) is 0 Å². The summed E-state index contributed by atoms with van der Waals surface area (Å²) in [6.45, 7) is 6.10. The first-order chi connectivity index (χ1) is 11.7. The molecule has 2 aromatic rings. The molecule has 25 heavy (non-hydrogen) atoms. The van der Waals surface area contributed by atoms with E-state index in [1.807, 2.05) is 45.0 Å². The van der Waals surface area contributed by atoms with E-state index in [0.29, 0.717) is 11.7 Å². The van der Waals surface area contributed by atoms with Crippen LogP contribution in [0.5, 0.6) is 0 Å². The molecule has 0 atom stereocenters. The van der Waals surface area contributed by atoms with Gasteiger partial charge in [0.25, 0.3) is 0 Å². The number of alkyl carbamates (subject to hydrolysis) is 1. The average Bonchev–Trinajstić information content (AvgIpc) is 2.87. The molecule has 0 bridgehead atoms. The summed E-state index contributed by atoms with van der Waals surface area (Å²) in [5, 5.41) is 3.30. The van der Waals surface area contributed by atoms with Crippen LogP contribution in [0.1, 0.15) is 39.4 Å². The highest BCUT2D eigenvalue weighted by molar-refractivity contribution is 9.10. The van der Waals surface area contributed by atoms with Crippen LogP contribution < -0.4 is 5.32 Å². The number of halogens is 2. The molecule has 5 nitrogen and oxygen atoms in total. The van der Waals surface area contributed by atoms with Crippen molar-refractivity contribution in [1.82, 2.24) is 15.3 Å². The molecule has 1 aromatic heterocycles. The molecule has 0 fully saturated rings. The number of benzene rings is 1. The molecule has 1 aromatic carbocycles. The summed E-state index contributed by atoms with van der Waals surface area (Å²) in [7, 11) is 0. The summed E-state index contributed by atoms with van der Waals surface area (Å²) >= 11 is 9.68. The van der Waals surface area contributed by atoms with Crippen LogP contribution in [0.4, 0.5) is 4.79 Å². The largest absolute Gasteiger partial charge is 0.444 e. The first-order valence-corrected chi connectivity index (χ1v) is 9.39. The second-order valence-electron chi connectivity index (χ2n) is 6.74. The third-order valence-corrected chi connectivity index (χ3v) is 4.14. The minimum atomic E-state index is -0.474. The monoisotopic (exact) mass is 427 g/mol. The molecule has 0 saturated carbocycles. The summed E-state index contributed by atoms with van der Waals surface area (Å²) in [6.07, 6.45) is 2.11. The molecule has 2 rings (SSSR count). The average molecular weight is 429 g/mol. The van der Waals surface area contributed by atoms with E-state index >= 15 is 0 Å². The smallest absolute Gasteiger partial charge is 0.407 e. The van der Waals surface area contributed by atoms with Gasteiger partial charge in [0, 0.05) is 23.0 Å². The van der Waals surface area contributed by atoms with Crippen molar-refractivity contribution in [3.63, 3.8) is 0 Å². The van der Waals surface area contributed by atoms with Gasteiger partial charge in [0.1, 0.15) is 22.3 Å². The maximum atomic E-state index is 11.5. The minimum absolute atomic E-state index is 0.383. The van der Waals surface area contributed by atoms with Crippen molar-refractivity contribution >= 4 is 33.6 Å². The lowest BCUT2D eigenvalue weighted by molar-refractivity contribution is 0.0527. The first kappa shape index (κ1) is 19.8. The van der Waals surface area contributed by atoms with E-state index in [9.17, 15) is 4.79 Å². The van der Waals surface area contributed by atoms with Crippen molar-refractivity contribution in [3.8, 4) is 11.3 Å². The molecule has 2 N–H and O–H groups in total. The number of rotatable bonds is 6. The van der Waals surface area contributed by atoms with Gasteiger partial charge in [-0.2, -0.15) is 0 Å². The molecule has 0 unspecified atom stereocenters. The van der Waals surface area contributed by atoms with Gasteiger partial charge in [-0.15, -0.1) is 0 Å². The van der Waals surface area contributed by atoms with Crippen LogP contribution in [0.2, 0.25) is 5.15 Å². The Kier molecular flexibility index (Phi) is 6.90. The van der Waals surface area contributed by atoms with Crippen LogP contribution in [0.3, 0.4) is 0 Å². The van der Waals surface area contributed by atoms with Gasteiger partial charge < -0.3 is 15.0 Å². The fraction of sp³-hybridized carbons (Fsp3) is 0.444. The highest BCUT2D eigenvalue weighted by Gasteiger charge is 2.15. The maximum Gasteiger partial charge on any atom is 0.407 e. The second-order valence-corrected chi connectivity index (χ2v) is 8.03. The van der Waals surface area contributed by atoms with Gasteiger partial charge in [0.05, 0.1) is 0 Å². The summed E-state index contributed by atoms with van der Waals surface area (Å²) in [5.41, 5.74) is 1.26. The number of ether oxygens (including phenoxy) is 1. The van der Waals surface area contributed by atoms with E-state index < -0.39 is 5.60 Å². The number of carbonyl (C=O) groups is 1. The van der Waals surface area contributed by atoms with Crippen molar-refractivity contribution < 1.29 is 9.53 Å². The summed E-state index contributed by atoms with van der Waals surface area (Å²) in [5.74, 6) is 0.847. The number of aryl methyl sites for hydroxylation is 1. The molecule has 1 amide bonds. The number of imidazole rings is 1. The van der Waals surface area contributed by atoms with Crippen LogP contribution in [-0.4, -0.2) is 28.2 Å². The highest BCUT2D eigenvalue weighted by atomic mass is 79.9. The van der Waals surface area contributed by atoms with Crippen molar-refractivity contribution in [2.45, 2.75) is 45.6 Å². The predicted molar refractivity (Wildman–Crippen MR) is 104 cm³/mol. The Morgan fingerprint density at radius 3 is 2.60 bits per heavy atom. The molecular formula is C18H23BrClN3O2. The molecule has 136 valence electrons. The fourth-order valence-electron chi connectivity index (χ4n) is 2.24. The number of aromatic amines is 1. The molecule has 0 saturated heterocycles. The Morgan fingerprint density at radius 2 is 1.96 bits per heavy atom. The van der Waals surface area contributed by atoms with Crippen molar-refractivity contribution in [1.29, 1.82) is 0 Å². The zero-order chi connectivity index (χ0) is 18.4. The number of hydrogen-bond donors (Lipinski definition) is 2. The van der Waals surface area contributed by atoms with Gasteiger partial charge in [-0.25, -0.2) is 9.78 Å². The van der Waals surface area contributed by atoms with Crippen molar-refractivity contribution in [3.05, 3.63) is 39.7 Å². The lowest BCUT2D eigenvalue weighted by atomic mass is 10.2. The van der Waals surface area contributed by atoms with Crippen LogP contribution in [0.15, 0.2) is 28.7 Å². The SMILES string of the molecule is CC(C)(C)OC(=O)NCCCCc1nc(-c2ccc(Br)cc2)c(Cl)[nH]1. The van der Waals surface area contributed by atoms with E-state index in [1.165, 1.54) is 0 Å². The van der Waals surface area contributed by atoms with Crippen LogP contribution in [-0.2, 0) is 11.2 Å². The number of nitrogens with zero attached hydrogens (tertiary/aromatic N) is 1. The lowest BCUT2D eigenvalue weighted by Crippen LogP contribution is -2.33. The lowest BCUT2D eigenvalue weighted by Gasteiger charge is -2.19. The van der Waals surface area contributed by atoms with Gasteiger partial charge >= 0.3 is 6.09 Å². The zero-order valence-electron chi connectivity index (χ0n) is 14.7. The molecule has 0 spiro atoms. The molecular weight excluding hydrogens is 406 g/mol.